The van der Waals surface area contributed by atoms with Crippen molar-refractivity contribution < 1.29 is 4.74 Å². The summed E-state index contributed by atoms with van der Waals surface area (Å²) in [5.41, 5.74) is 21.5. The number of hydrogen-bond donors (Lipinski definition) is 2. The summed E-state index contributed by atoms with van der Waals surface area (Å²) in [5, 5.41) is 4.93. The number of methoxy groups -OCH3 is 1. The van der Waals surface area contributed by atoms with Gasteiger partial charge in [0.05, 0.1) is 35.4 Å². The predicted molar refractivity (Wildman–Crippen MR) is 111 cm³/mol. The van der Waals surface area contributed by atoms with Gasteiger partial charge < -0.3 is 16.2 Å². The quantitative estimate of drug-likeness (QED) is 0.702. The van der Waals surface area contributed by atoms with Gasteiger partial charge >= 0.3 is 0 Å². The molecule has 3 aromatic rings. The average molecular weight is 364 g/mol. The Bertz CT molecular complexity index is 1030. The van der Waals surface area contributed by atoms with Gasteiger partial charge in [-0.3, -0.25) is 0 Å². The zero-order chi connectivity index (χ0) is 19.3. The van der Waals surface area contributed by atoms with Crippen LogP contribution in [0.4, 0.5) is 11.4 Å². The molecule has 4 N–H and O–H groups in total. The Kier molecular flexibility index (Phi) is 4.25. The topological polar surface area (TPSA) is 78.6 Å². The summed E-state index contributed by atoms with van der Waals surface area (Å²) < 4.78 is 7.45. The smallest absolute Gasteiger partial charge is 0.122 e. The van der Waals surface area contributed by atoms with Crippen LogP contribution < -0.4 is 16.2 Å². The van der Waals surface area contributed by atoms with Crippen LogP contribution in [0.3, 0.4) is 0 Å². The number of rotatable bonds is 3. The summed E-state index contributed by atoms with van der Waals surface area (Å²) in [5.74, 6) is 1.42. The number of nitrogens with two attached hydrogens (primary N) is 2. The first-order chi connectivity index (χ1) is 12.9. The maximum atomic E-state index is 6.50. The predicted octanol–water partition coefficient (Wildman–Crippen LogP) is 4.76. The molecule has 2 heterocycles. The molecule has 1 aromatic carbocycles. The lowest BCUT2D eigenvalue weighted by Crippen LogP contribution is -2.05. The zero-order valence-electron chi connectivity index (χ0n) is 16.6. The Morgan fingerprint density at radius 2 is 1.78 bits per heavy atom. The van der Waals surface area contributed by atoms with Crippen LogP contribution in [0, 0.1) is 20.8 Å². The number of aromatic nitrogens is 2. The molecule has 0 bridgehead atoms. The lowest BCUT2D eigenvalue weighted by Gasteiger charge is -2.16. The summed E-state index contributed by atoms with van der Waals surface area (Å²) >= 11 is 0. The minimum atomic E-state index is 0.585. The molecule has 0 saturated heterocycles. The highest BCUT2D eigenvalue weighted by molar-refractivity contribution is 5.96. The van der Waals surface area contributed by atoms with Gasteiger partial charge in [-0.15, -0.1) is 0 Å². The molecule has 1 fully saturated rings. The maximum Gasteiger partial charge on any atom is 0.122 e. The van der Waals surface area contributed by atoms with Gasteiger partial charge in [-0.05, 0) is 62.8 Å². The fourth-order valence-electron chi connectivity index (χ4n) is 4.62. The molecular formula is C22H28N4O. The number of nitrogens with zero attached hydrogens (tertiary/aromatic N) is 2. The molecule has 142 valence electrons. The van der Waals surface area contributed by atoms with Crippen LogP contribution in [0.15, 0.2) is 18.2 Å². The van der Waals surface area contributed by atoms with Crippen molar-refractivity contribution in [3.05, 3.63) is 40.6 Å². The summed E-state index contributed by atoms with van der Waals surface area (Å²) in [4.78, 5) is 0. The molecule has 5 nitrogen and oxygen atoms in total. The Balaban J connectivity index is 2.01. The minimum Gasteiger partial charge on any atom is -0.496 e. The molecule has 2 aromatic heterocycles. The van der Waals surface area contributed by atoms with E-state index in [2.05, 4.69) is 32.9 Å². The first kappa shape index (κ1) is 17.7. The van der Waals surface area contributed by atoms with Crippen LogP contribution >= 0.6 is 0 Å². The van der Waals surface area contributed by atoms with Crippen LogP contribution in [0.25, 0.3) is 16.8 Å². The van der Waals surface area contributed by atoms with Crippen LogP contribution in [-0.4, -0.2) is 16.7 Å². The van der Waals surface area contributed by atoms with Crippen molar-refractivity contribution in [2.75, 3.05) is 18.6 Å². The van der Waals surface area contributed by atoms with Crippen molar-refractivity contribution in [1.29, 1.82) is 0 Å². The third-order valence-electron chi connectivity index (χ3n) is 6.10. The highest BCUT2D eigenvalue weighted by Gasteiger charge is 2.25. The molecule has 1 aliphatic carbocycles. The van der Waals surface area contributed by atoms with E-state index in [4.69, 9.17) is 21.3 Å². The van der Waals surface area contributed by atoms with Crippen molar-refractivity contribution in [3.8, 4) is 17.0 Å². The van der Waals surface area contributed by atoms with E-state index in [9.17, 15) is 0 Å². The van der Waals surface area contributed by atoms with Gasteiger partial charge in [0.2, 0.25) is 0 Å². The van der Waals surface area contributed by atoms with Gasteiger partial charge in [0.1, 0.15) is 5.75 Å². The Hall–Kier alpha value is -2.69. The van der Waals surface area contributed by atoms with Crippen molar-refractivity contribution in [3.63, 3.8) is 0 Å². The lowest BCUT2D eigenvalue weighted by atomic mass is 9.96. The minimum absolute atomic E-state index is 0.585. The van der Waals surface area contributed by atoms with Gasteiger partial charge in [0, 0.05) is 11.1 Å². The van der Waals surface area contributed by atoms with E-state index in [-0.39, 0.29) is 0 Å². The number of hydrogen-bond acceptors (Lipinski definition) is 4. The van der Waals surface area contributed by atoms with Crippen molar-refractivity contribution in [2.24, 2.45) is 0 Å². The number of aryl methyl sites for hydroxylation is 2. The molecule has 0 unspecified atom stereocenters. The average Bonchev–Trinajstić information content (AvgIpc) is 3.25. The van der Waals surface area contributed by atoms with E-state index in [0.29, 0.717) is 17.3 Å². The third kappa shape index (κ3) is 2.64. The molecule has 0 spiro atoms. The zero-order valence-corrected chi connectivity index (χ0v) is 16.6. The van der Waals surface area contributed by atoms with E-state index in [1.807, 2.05) is 10.6 Å². The molecule has 0 atom stereocenters. The van der Waals surface area contributed by atoms with E-state index >= 15 is 0 Å². The second-order valence-corrected chi connectivity index (χ2v) is 7.72. The van der Waals surface area contributed by atoms with Crippen LogP contribution in [0.5, 0.6) is 5.75 Å². The molecule has 0 amide bonds. The normalized spacial score (nSPS) is 15.0. The number of nitrogen functional groups attached to an aromatic ring is 2. The summed E-state index contributed by atoms with van der Waals surface area (Å²) in [6, 6.07) is 6.24. The second-order valence-electron chi connectivity index (χ2n) is 7.72. The second kappa shape index (κ2) is 6.48. The third-order valence-corrected chi connectivity index (χ3v) is 6.10. The molecule has 0 radical (unpaired) electrons. The molecular weight excluding hydrogens is 336 g/mol. The highest BCUT2D eigenvalue weighted by atomic mass is 16.5. The maximum absolute atomic E-state index is 6.50. The Morgan fingerprint density at radius 3 is 2.44 bits per heavy atom. The fourth-order valence-corrected chi connectivity index (χ4v) is 4.62. The molecule has 1 aliphatic rings. The monoisotopic (exact) mass is 364 g/mol. The van der Waals surface area contributed by atoms with Crippen LogP contribution in [0.2, 0.25) is 0 Å². The number of benzene rings is 1. The van der Waals surface area contributed by atoms with Crippen LogP contribution in [0.1, 0.15) is 54.0 Å². The number of anilines is 2. The highest BCUT2D eigenvalue weighted by Crippen LogP contribution is 2.43. The van der Waals surface area contributed by atoms with Crippen molar-refractivity contribution >= 4 is 16.9 Å². The van der Waals surface area contributed by atoms with Gasteiger partial charge in [-0.2, -0.15) is 5.10 Å². The fraction of sp³-hybridized carbons (Fsp3) is 0.409. The van der Waals surface area contributed by atoms with Gasteiger partial charge in [-0.25, -0.2) is 4.52 Å². The van der Waals surface area contributed by atoms with Gasteiger partial charge in [-0.1, -0.05) is 18.9 Å². The molecule has 0 aliphatic heterocycles. The summed E-state index contributed by atoms with van der Waals surface area (Å²) in [6.07, 6.45) is 5.05. The largest absolute Gasteiger partial charge is 0.496 e. The lowest BCUT2D eigenvalue weighted by molar-refractivity contribution is 0.412. The molecule has 1 saturated carbocycles. The van der Waals surface area contributed by atoms with E-state index in [1.165, 1.54) is 31.2 Å². The Morgan fingerprint density at radius 1 is 1.07 bits per heavy atom. The van der Waals surface area contributed by atoms with E-state index in [1.54, 1.807) is 7.11 Å². The van der Waals surface area contributed by atoms with E-state index in [0.717, 1.165) is 39.3 Å². The van der Waals surface area contributed by atoms with Gasteiger partial charge in [0.15, 0.2) is 0 Å². The van der Waals surface area contributed by atoms with Gasteiger partial charge in [0.25, 0.3) is 0 Å². The molecule has 27 heavy (non-hydrogen) atoms. The number of fused-ring (bicyclic) bond motifs is 1. The van der Waals surface area contributed by atoms with Crippen LogP contribution in [-0.2, 0) is 0 Å². The van der Waals surface area contributed by atoms with Crippen molar-refractivity contribution in [2.45, 2.75) is 52.4 Å². The summed E-state index contributed by atoms with van der Waals surface area (Å²) in [6.45, 7) is 6.22. The van der Waals surface area contributed by atoms with Crippen molar-refractivity contribution in [1.82, 2.24) is 9.61 Å². The van der Waals surface area contributed by atoms with E-state index < -0.39 is 0 Å². The first-order valence-corrected chi connectivity index (χ1v) is 9.65. The molecule has 5 heteroatoms. The standard InChI is InChI=1S/C22H28N4O/c1-12-9-10-18(27-4)13(2)19(12)22-21(24)20(23)17-11-16(14(3)25-26(17)22)15-7-5-6-8-15/h9-11,15H,5-8,23-24H2,1-4H3. The number of ether oxygens (including phenoxy) is 1. The molecule has 4 rings (SSSR count). The Labute approximate surface area is 160 Å². The first-order valence-electron chi connectivity index (χ1n) is 9.65. The SMILES string of the molecule is COc1ccc(C)c(-c2c(N)c(N)c3cc(C4CCCC4)c(C)nn23)c1C. The summed E-state index contributed by atoms with van der Waals surface area (Å²) in [7, 11) is 1.69.